The highest BCUT2D eigenvalue weighted by Crippen LogP contribution is 2.38. The molecule has 0 spiro atoms. The van der Waals surface area contributed by atoms with Crippen molar-refractivity contribution in [1.82, 2.24) is 14.5 Å². The summed E-state index contributed by atoms with van der Waals surface area (Å²) in [4.78, 5) is 45.2. The average molecular weight is 568 g/mol. The molecule has 39 heavy (non-hydrogen) atoms. The van der Waals surface area contributed by atoms with Crippen molar-refractivity contribution in [2.45, 2.75) is 18.9 Å². The summed E-state index contributed by atoms with van der Waals surface area (Å²) in [6.45, 7) is 1.52. The molecule has 0 radical (unpaired) electrons. The van der Waals surface area contributed by atoms with Crippen LogP contribution in [0.5, 0.6) is 0 Å². The van der Waals surface area contributed by atoms with Gasteiger partial charge >= 0.3 is 12.0 Å². The highest BCUT2D eigenvalue weighted by Gasteiger charge is 2.29. The predicted molar refractivity (Wildman–Crippen MR) is 149 cm³/mol. The first kappa shape index (κ1) is 25.3. The molecular formula is C27H23ClFN5O4S. The van der Waals surface area contributed by atoms with Gasteiger partial charge in [-0.2, -0.15) is 0 Å². The van der Waals surface area contributed by atoms with Gasteiger partial charge in [0.25, 0.3) is 0 Å². The van der Waals surface area contributed by atoms with Crippen LogP contribution in [0.15, 0.2) is 52.8 Å². The van der Waals surface area contributed by atoms with Gasteiger partial charge < -0.3 is 19.5 Å². The fraction of sp³-hybridized carbons (Fsp3) is 0.259. The predicted octanol–water partition coefficient (Wildman–Crippen LogP) is 5.30. The fourth-order valence-corrected chi connectivity index (χ4v) is 5.65. The normalized spacial score (nSPS) is 15.5. The molecule has 9 nitrogen and oxygen atoms in total. The third kappa shape index (κ3) is 4.95. The Balaban J connectivity index is 1.16. The Morgan fingerprint density at radius 3 is 2.49 bits per heavy atom. The van der Waals surface area contributed by atoms with Crippen LogP contribution in [0.3, 0.4) is 0 Å². The van der Waals surface area contributed by atoms with E-state index in [1.807, 2.05) is 22.4 Å². The molecule has 0 atom stereocenters. The number of thiazole rings is 1. The van der Waals surface area contributed by atoms with Gasteiger partial charge in [0.2, 0.25) is 5.43 Å². The van der Waals surface area contributed by atoms with Crippen molar-refractivity contribution < 1.29 is 19.1 Å². The SMILES string of the molecule is O=C(O)c1cn(C2CC2)c2cc(N3CCN(C(=O)Nc4nc(-c5ccc(Cl)cc5)cs4)CC3)c(F)cc2c1=O. The number of carbonyl (C=O) groups is 2. The third-order valence-electron chi connectivity index (χ3n) is 7.04. The summed E-state index contributed by atoms with van der Waals surface area (Å²) in [5.74, 6) is -1.92. The lowest BCUT2D eigenvalue weighted by Gasteiger charge is -2.36. The number of fused-ring (bicyclic) bond motifs is 1. The number of nitrogens with one attached hydrogen (secondary N) is 1. The zero-order valence-electron chi connectivity index (χ0n) is 20.6. The molecule has 2 fully saturated rings. The molecule has 2 aromatic heterocycles. The lowest BCUT2D eigenvalue weighted by atomic mass is 10.1. The maximum absolute atomic E-state index is 15.2. The number of hydrogen-bond acceptors (Lipinski definition) is 6. The van der Waals surface area contributed by atoms with Crippen molar-refractivity contribution in [2.75, 3.05) is 36.4 Å². The number of aromatic carboxylic acids is 1. The number of carboxylic acid groups (broad SMARTS) is 1. The molecule has 1 aliphatic carbocycles. The van der Waals surface area contributed by atoms with E-state index in [4.69, 9.17) is 11.6 Å². The summed E-state index contributed by atoms with van der Waals surface area (Å²) in [5.41, 5.74) is 1.43. The minimum Gasteiger partial charge on any atom is -0.477 e. The summed E-state index contributed by atoms with van der Waals surface area (Å²) in [7, 11) is 0. The van der Waals surface area contributed by atoms with E-state index < -0.39 is 17.2 Å². The van der Waals surface area contributed by atoms with E-state index in [-0.39, 0.29) is 23.0 Å². The summed E-state index contributed by atoms with van der Waals surface area (Å²) in [6, 6.07) is 9.87. The minimum atomic E-state index is -1.32. The Hall–Kier alpha value is -3.96. The summed E-state index contributed by atoms with van der Waals surface area (Å²) >= 11 is 7.28. The molecule has 0 bridgehead atoms. The smallest absolute Gasteiger partial charge is 0.341 e. The monoisotopic (exact) mass is 567 g/mol. The van der Waals surface area contributed by atoms with Crippen LogP contribution >= 0.6 is 22.9 Å². The molecule has 3 heterocycles. The zero-order valence-corrected chi connectivity index (χ0v) is 22.1. The van der Waals surface area contributed by atoms with Gasteiger partial charge in [-0.3, -0.25) is 10.1 Å². The first-order chi connectivity index (χ1) is 18.8. The molecule has 1 saturated carbocycles. The molecule has 4 aromatic rings. The molecule has 1 saturated heterocycles. The van der Waals surface area contributed by atoms with Crippen LogP contribution in [0.1, 0.15) is 29.2 Å². The number of benzene rings is 2. The van der Waals surface area contributed by atoms with Gasteiger partial charge in [-0.05, 0) is 37.1 Å². The lowest BCUT2D eigenvalue weighted by molar-refractivity contribution is 0.0694. The Morgan fingerprint density at radius 1 is 1.10 bits per heavy atom. The van der Waals surface area contributed by atoms with E-state index in [2.05, 4.69) is 10.3 Å². The van der Waals surface area contributed by atoms with Gasteiger partial charge in [0.1, 0.15) is 11.4 Å². The second-order valence-electron chi connectivity index (χ2n) is 9.59. The molecule has 1 aliphatic heterocycles. The van der Waals surface area contributed by atoms with Crippen molar-refractivity contribution in [3.05, 3.63) is 74.6 Å². The minimum absolute atomic E-state index is 0.0579. The maximum atomic E-state index is 15.2. The molecule has 2 N–H and O–H groups in total. The maximum Gasteiger partial charge on any atom is 0.341 e. The lowest BCUT2D eigenvalue weighted by Crippen LogP contribution is -2.50. The molecular weight excluding hydrogens is 545 g/mol. The van der Waals surface area contributed by atoms with E-state index in [1.165, 1.54) is 17.5 Å². The van der Waals surface area contributed by atoms with E-state index in [9.17, 15) is 19.5 Å². The number of urea groups is 1. The molecule has 2 amide bonds. The van der Waals surface area contributed by atoms with Gasteiger partial charge in [-0.15, -0.1) is 11.3 Å². The van der Waals surface area contributed by atoms with Gasteiger partial charge in [-0.25, -0.2) is 19.0 Å². The van der Waals surface area contributed by atoms with Gasteiger partial charge in [0, 0.05) is 59.8 Å². The number of carbonyl (C=O) groups excluding carboxylic acids is 1. The summed E-state index contributed by atoms with van der Waals surface area (Å²) in [6.07, 6.45) is 3.11. The van der Waals surface area contributed by atoms with Gasteiger partial charge in [0.15, 0.2) is 5.13 Å². The van der Waals surface area contributed by atoms with E-state index >= 15 is 4.39 Å². The molecule has 12 heteroatoms. The van der Waals surface area contributed by atoms with Gasteiger partial charge in [0.05, 0.1) is 16.9 Å². The average Bonchev–Trinajstić information content (AvgIpc) is 3.67. The molecule has 200 valence electrons. The van der Waals surface area contributed by atoms with Crippen molar-refractivity contribution in [3.8, 4) is 11.3 Å². The third-order valence-corrected chi connectivity index (χ3v) is 8.05. The molecule has 2 aromatic carbocycles. The number of rotatable bonds is 5. The van der Waals surface area contributed by atoms with Crippen molar-refractivity contribution in [1.29, 1.82) is 0 Å². The first-order valence-electron chi connectivity index (χ1n) is 12.4. The number of hydrogen-bond donors (Lipinski definition) is 2. The van der Waals surface area contributed by atoms with Crippen LogP contribution in [0.2, 0.25) is 5.02 Å². The van der Waals surface area contributed by atoms with Crippen molar-refractivity contribution in [3.63, 3.8) is 0 Å². The van der Waals surface area contributed by atoms with E-state index in [0.29, 0.717) is 47.5 Å². The fourth-order valence-electron chi connectivity index (χ4n) is 4.81. The van der Waals surface area contributed by atoms with Crippen LogP contribution in [0.25, 0.3) is 22.2 Å². The van der Waals surface area contributed by atoms with Gasteiger partial charge in [-0.1, -0.05) is 23.7 Å². The molecule has 2 aliphatic rings. The number of halogens is 2. The zero-order chi connectivity index (χ0) is 27.3. The Kier molecular flexibility index (Phi) is 6.48. The number of piperazine rings is 1. The quantitative estimate of drug-likeness (QED) is 0.339. The van der Waals surface area contributed by atoms with Crippen LogP contribution in [0, 0.1) is 5.82 Å². The second kappa shape index (κ2) is 9.97. The van der Waals surface area contributed by atoms with E-state index in [0.717, 1.165) is 30.2 Å². The van der Waals surface area contributed by atoms with E-state index in [1.54, 1.807) is 27.7 Å². The highest BCUT2D eigenvalue weighted by atomic mass is 35.5. The van der Waals surface area contributed by atoms with Crippen molar-refractivity contribution >= 4 is 56.7 Å². The number of anilines is 2. The summed E-state index contributed by atoms with van der Waals surface area (Å²) < 4.78 is 17.0. The standard InChI is InChI=1S/C27H23ClFN5O4S/c28-16-3-1-15(2-4-16)21-14-39-26(30-21)31-27(38)33-9-7-32(8-10-33)23-12-22-18(11-20(23)29)24(35)19(25(36)37)13-34(22)17-5-6-17/h1-4,11-14,17H,5-10H2,(H,36,37)(H,30,31,38). The Morgan fingerprint density at radius 2 is 1.82 bits per heavy atom. The number of amides is 2. The van der Waals surface area contributed by atoms with Crippen LogP contribution < -0.4 is 15.6 Å². The number of pyridine rings is 1. The Labute approximate surface area is 231 Å². The number of nitrogens with zero attached hydrogens (tertiary/aromatic N) is 4. The molecule has 0 unspecified atom stereocenters. The number of carboxylic acids is 1. The Bertz CT molecular complexity index is 1660. The van der Waals surface area contributed by atoms with Crippen LogP contribution in [-0.2, 0) is 0 Å². The number of aromatic nitrogens is 2. The van der Waals surface area contributed by atoms with Crippen LogP contribution in [-0.4, -0.2) is 57.7 Å². The van der Waals surface area contributed by atoms with Crippen LogP contribution in [0.4, 0.5) is 20.0 Å². The largest absolute Gasteiger partial charge is 0.477 e. The topological polar surface area (TPSA) is 108 Å². The summed E-state index contributed by atoms with van der Waals surface area (Å²) in [5, 5.41) is 15.3. The first-order valence-corrected chi connectivity index (χ1v) is 13.7. The van der Waals surface area contributed by atoms with Crippen molar-refractivity contribution in [2.24, 2.45) is 0 Å². The molecule has 6 rings (SSSR count). The highest BCUT2D eigenvalue weighted by molar-refractivity contribution is 7.14. The second-order valence-corrected chi connectivity index (χ2v) is 10.9.